The van der Waals surface area contributed by atoms with Gasteiger partial charge in [-0.3, -0.25) is 4.79 Å². The third-order valence-electron chi connectivity index (χ3n) is 1.86. The van der Waals surface area contributed by atoms with Crippen molar-refractivity contribution in [2.75, 3.05) is 0 Å². The molecule has 0 aromatic carbocycles. The summed E-state index contributed by atoms with van der Waals surface area (Å²) in [5, 5.41) is 8.54. The summed E-state index contributed by atoms with van der Waals surface area (Å²) >= 11 is 0. The van der Waals surface area contributed by atoms with Crippen LogP contribution in [-0.2, 0) is 4.79 Å². The first-order valence-corrected chi connectivity index (χ1v) is 4.42. The Morgan fingerprint density at radius 2 is 1.75 bits per heavy atom. The van der Waals surface area contributed by atoms with E-state index in [0.29, 0.717) is 12.3 Å². The fraction of sp³-hybridized carbons (Fsp3) is 0.889. The summed E-state index contributed by atoms with van der Waals surface area (Å²) in [6, 6.07) is 0. The Balaban J connectivity index is -0.000000167. The summed E-state index contributed by atoms with van der Waals surface area (Å²) in [5.41, 5.74) is 0. The van der Waals surface area contributed by atoms with Crippen LogP contribution in [0.2, 0.25) is 0 Å². The van der Waals surface area contributed by atoms with Gasteiger partial charge in [-0.2, -0.15) is 0 Å². The van der Waals surface area contributed by atoms with Crippen LogP contribution in [0.4, 0.5) is 0 Å². The van der Waals surface area contributed by atoms with Crippen LogP contribution < -0.4 is 0 Å². The number of rotatable bonds is 6. The molecule has 3 heteroatoms. The SMILES string of the molecule is CCCC(CCC)CC(=O)O.[H-].[H-].[Mg+2]. The van der Waals surface area contributed by atoms with Crippen molar-refractivity contribution >= 4 is 29.0 Å². The first kappa shape index (κ1) is 14.7. The molecule has 0 amide bonds. The molecule has 0 aliphatic carbocycles. The van der Waals surface area contributed by atoms with Crippen LogP contribution >= 0.6 is 0 Å². The van der Waals surface area contributed by atoms with E-state index in [1.807, 2.05) is 0 Å². The van der Waals surface area contributed by atoms with Crippen LogP contribution in [0.15, 0.2) is 0 Å². The quantitative estimate of drug-likeness (QED) is 0.644. The molecule has 0 aliphatic rings. The fourth-order valence-corrected chi connectivity index (χ4v) is 1.41. The minimum atomic E-state index is -0.656. The Bertz CT molecular complexity index is 117. The van der Waals surface area contributed by atoms with Gasteiger partial charge in [0.15, 0.2) is 0 Å². The molecule has 0 aliphatic heterocycles. The molecule has 0 radical (unpaired) electrons. The molecular weight excluding hydrogens is 164 g/mol. The van der Waals surface area contributed by atoms with Crippen LogP contribution in [0.1, 0.15) is 48.8 Å². The molecule has 0 heterocycles. The number of aliphatic carboxylic acids is 1. The molecule has 12 heavy (non-hydrogen) atoms. The van der Waals surface area contributed by atoms with Crippen molar-refractivity contribution in [1.29, 1.82) is 0 Å². The van der Waals surface area contributed by atoms with Gasteiger partial charge in [0.25, 0.3) is 0 Å². The molecule has 0 unspecified atom stereocenters. The van der Waals surface area contributed by atoms with Crippen molar-refractivity contribution in [3.63, 3.8) is 0 Å². The van der Waals surface area contributed by atoms with Crippen LogP contribution in [0, 0.1) is 5.92 Å². The van der Waals surface area contributed by atoms with Crippen LogP contribution in [-0.4, -0.2) is 34.1 Å². The van der Waals surface area contributed by atoms with Crippen molar-refractivity contribution in [1.82, 2.24) is 0 Å². The van der Waals surface area contributed by atoms with Crippen LogP contribution in [0.3, 0.4) is 0 Å². The largest absolute Gasteiger partial charge is 2.00 e. The van der Waals surface area contributed by atoms with Crippen molar-refractivity contribution in [2.24, 2.45) is 5.92 Å². The van der Waals surface area contributed by atoms with Crippen LogP contribution in [0.25, 0.3) is 0 Å². The van der Waals surface area contributed by atoms with Gasteiger partial charge in [0.2, 0.25) is 0 Å². The van der Waals surface area contributed by atoms with Gasteiger partial charge in [-0.05, 0) is 5.92 Å². The smallest absolute Gasteiger partial charge is 1.00 e. The number of carboxylic acid groups (broad SMARTS) is 1. The zero-order valence-electron chi connectivity index (χ0n) is 10.2. The molecule has 70 valence electrons. The maximum Gasteiger partial charge on any atom is 2.00 e. The van der Waals surface area contributed by atoms with Gasteiger partial charge in [-0.15, -0.1) is 0 Å². The van der Waals surface area contributed by atoms with E-state index < -0.39 is 5.97 Å². The molecule has 0 atom stereocenters. The Kier molecular flexibility index (Phi) is 11.5. The summed E-state index contributed by atoms with van der Waals surface area (Å²) in [5.74, 6) is -0.251. The maximum atomic E-state index is 10.4. The average Bonchev–Trinajstić information content (AvgIpc) is 1.87. The number of hydrogen-bond donors (Lipinski definition) is 1. The minimum absolute atomic E-state index is 0. The number of hydrogen-bond acceptors (Lipinski definition) is 1. The maximum absolute atomic E-state index is 10.4. The summed E-state index contributed by atoms with van der Waals surface area (Å²) in [6.45, 7) is 4.20. The first-order chi connectivity index (χ1) is 5.20. The molecule has 0 spiro atoms. The number of carbonyl (C=O) groups is 1. The van der Waals surface area contributed by atoms with Crippen molar-refractivity contribution in [2.45, 2.75) is 46.0 Å². The predicted molar refractivity (Wildman–Crippen MR) is 53.5 cm³/mol. The van der Waals surface area contributed by atoms with Crippen molar-refractivity contribution in [3.05, 3.63) is 0 Å². The molecule has 0 aromatic rings. The molecule has 1 N–H and O–H groups in total. The van der Waals surface area contributed by atoms with Gasteiger partial charge in [0, 0.05) is 6.42 Å². The van der Waals surface area contributed by atoms with E-state index in [2.05, 4.69) is 13.8 Å². The van der Waals surface area contributed by atoms with Gasteiger partial charge in [-0.25, -0.2) is 0 Å². The second-order valence-corrected chi connectivity index (χ2v) is 3.04. The second-order valence-electron chi connectivity index (χ2n) is 3.04. The standard InChI is InChI=1S/C9H18O2.Mg.2H/c1-3-5-8(6-4-2)7-9(10)11;;;/h8H,3-7H2,1-2H3,(H,10,11);;;/q;+2;2*-1. The van der Waals surface area contributed by atoms with Gasteiger partial charge in [0.05, 0.1) is 0 Å². The Labute approximate surface area is 93.9 Å². The van der Waals surface area contributed by atoms with E-state index in [9.17, 15) is 4.79 Å². The predicted octanol–water partition coefficient (Wildman–Crippen LogP) is 2.52. The number of carboxylic acids is 1. The summed E-state index contributed by atoms with van der Waals surface area (Å²) in [7, 11) is 0. The monoisotopic (exact) mass is 184 g/mol. The Morgan fingerprint density at radius 1 is 1.33 bits per heavy atom. The third kappa shape index (κ3) is 8.33. The van der Waals surface area contributed by atoms with Gasteiger partial charge in [-0.1, -0.05) is 39.5 Å². The fourth-order valence-electron chi connectivity index (χ4n) is 1.41. The van der Waals surface area contributed by atoms with Gasteiger partial charge in [0.1, 0.15) is 0 Å². The Hall–Kier alpha value is 0.236. The summed E-state index contributed by atoms with van der Waals surface area (Å²) in [4.78, 5) is 10.4. The van der Waals surface area contributed by atoms with Crippen molar-refractivity contribution in [3.8, 4) is 0 Å². The van der Waals surface area contributed by atoms with Gasteiger partial charge < -0.3 is 7.96 Å². The van der Waals surface area contributed by atoms with Crippen molar-refractivity contribution < 1.29 is 12.8 Å². The molecule has 2 nitrogen and oxygen atoms in total. The minimum Gasteiger partial charge on any atom is -1.00 e. The van der Waals surface area contributed by atoms with E-state index in [-0.39, 0.29) is 25.9 Å². The van der Waals surface area contributed by atoms with E-state index in [4.69, 9.17) is 5.11 Å². The Morgan fingerprint density at radius 3 is 2.00 bits per heavy atom. The second kappa shape index (κ2) is 9.33. The molecule has 0 saturated heterocycles. The van der Waals surface area contributed by atoms with E-state index in [1.165, 1.54) is 0 Å². The normalized spacial score (nSPS) is 9.58. The van der Waals surface area contributed by atoms with Gasteiger partial charge >= 0.3 is 29.0 Å². The third-order valence-corrected chi connectivity index (χ3v) is 1.86. The first-order valence-electron chi connectivity index (χ1n) is 4.42. The van der Waals surface area contributed by atoms with Crippen LogP contribution in [0.5, 0.6) is 0 Å². The topological polar surface area (TPSA) is 37.3 Å². The molecule has 0 rings (SSSR count). The average molecular weight is 185 g/mol. The molecule has 0 saturated carbocycles. The van der Waals surface area contributed by atoms with E-state index in [1.54, 1.807) is 0 Å². The zero-order valence-corrected chi connectivity index (χ0v) is 9.59. The molecular formula is C9H20MgO2. The van der Waals surface area contributed by atoms with E-state index >= 15 is 0 Å². The summed E-state index contributed by atoms with van der Waals surface area (Å²) < 4.78 is 0. The summed E-state index contributed by atoms with van der Waals surface area (Å²) in [6.07, 6.45) is 4.65. The van der Waals surface area contributed by atoms with E-state index in [0.717, 1.165) is 25.7 Å². The molecule has 0 fully saturated rings. The zero-order chi connectivity index (χ0) is 8.69. The molecule has 0 aromatic heterocycles. The molecule has 0 bridgehead atoms.